The smallest absolute Gasteiger partial charge is 0.0901 e. The van der Waals surface area contributed by atoms with E-state index in [4.69, 9.17) is 5.73 Å². The molecule has 0 radical (unpaired) electrons. The van der Waals surface area contributed by atoms with E-state index in [1.165, 1.54) is 0 Å². The fraction of sp³-hybridized carbons (Fsp3) is 0.778. The predicted molar refractivity (Wildman–Crippen MR) is 50.2 cm³/mol. The van der Waals surface area contributed by atoms with Crippen LogP contribution in [0.1, 0.15) is 32.4 Å². The van der Waals surface area contributed by atoms with Gasteiger partial charge in [0, 0.05) is 24.2 Å². The summed E-state index contributed by atoms with van der Waals surface area (Å²) >= 11 is 0. The van der Waals surface area contributed by atoms with Crippen LogP contribution in [0.2, 0.25) is 0 Å². The van der Waals surface area contributed by atoms with Crippen molar-refractivity contribution in [3.63, 3.8) is 0 Å². The van der Waals surface area contributed by atoms with Crippen LogP contribution >= 0.6 is 0 Å². The van der Waals surface area contributed by atoms with E-state index in [1.807, 2.05) is 13.2 Å². The molecule has 0 bridgehead atoms. The van der Waals surface area contributed by atoms with Gasteiger partial charge in [0.15, 0.2) is 0 Å². The van der Waals surface area contributed by atoms with Gasteiger partial charge in [0.2, 0.25) is 0 Å². The van der Waals surface area contributed by atoms with E-state index in [1.54, 1.807) is 4.68 Å². The van der Waals surface area contributed by atoms with Gasteiger partial charge in [0.25, 0.3) is 0 Å². The topological polar surface area (TPSA) is 56.7 Å². The van der Waals surface area contributed by atoms with Crippen molar-refractivity contribution >= 4 is 0 Å². The molecule has 0 atom stereocenters. The summed E-state index contributed by atoms with van der Waals surface area (Å²) in [5, 5.41) is 8.06. The first-order valence-corrected chi connectivity index (χ1v) is 4.61. The summed E-state index contributed by atoms with van der Waals surface area (Å²) in [5.74, 6) is 0. The van der Waals surface area contributed by atoms with E-state index in [-0.39, 0.29) is 11.0 Å². The van der Waals surface area contributed by atoms with Crippen molar-refractivity contribution in [2.75, 3.05) is 0 Å². The molecule has 4 nitrogen and oxygen atoms in total. The Morgan fingerprint density at radius 3 is 2.54 bits per heavy atom. The van der Waals surface area contributed by atoms with Crippen LogP contribution in [0.5, 0.6) is 0 Å². The Hall–Kier alpha value is -0.900. The zero-order valence-corrected chi connectivity index (χ0v) is 8.41. The molecule has 0 aliphatic heterocycles. The van der Waals surface area contributed by atoms with Gasteiger partial charge >= 0.3 is 0 Å². The molecule has 1 saturated carbocycles. The highest BCUT2D eigenvalue weighted by Crippen LogP contribution is 2.48. The Labute approximate surface area is 78.1 Å². The molecule has 1 aromatic heterocycles. The molecular weight excluding hydrogens is 164 g/mol. The molecule has 0 amide bonds. The van der Waals surface area contributed by atoms with E-state index in [0.29, 0.717) is 0 Å². The quantitative estimate of drug-likeness (QED) is 0.724. The highest BCUT2D eigenvalue weighted by atomic mass is 15.4. The molecule has 2 N–H and O–H groups in total. The highest BCUT2D eigenvalue weighted by Gasteiger charge is 2.53. The lowest BCUT2D eigenvalue weighted by molar-refractivity contribution is 0.380. The zero-order chi connectivity index (χ0) is 9.69. The van der Waals surface area contributed by atoms with Crippen LogP contribution in [-0.2, 0) is 12.5 Å². The standard InChI is InChI=1S/C9H16N4/c1-8(2,9(10)4-5-9)7-6-13(3)12-11-7/h6H,4-5,10H2,1-3H3. The average molecular weight is 180 g/mol. The van der Waals surface area contributed by atoms with E-state index < -0.39 is 0 Å². The SMILES string of the molecule is Cn1cc(C(C)(C)C2(N)CC2)nn1. The highest BCUT2D eigenvalue weighted by molar-refractivity contribution is 5.24. The molecule has 72 valence electrons. The Bertz CT molecular complexity index is 322. The molecule has 0 spiro atoms. The molecule has 2 rings (SSSR count). The second-order valence-corrected chi connectivity index (χ2v) is 4.56. The summed E-state index contributed by atoms with van der Waals surface area (Å²) in [6, 6.07) is 0. The third kappa shape index (κ3) is 1.16. The maximum atomic E-state index is 6.19. The molecule has 1 fully saturated rings. The number of aryl methyl sites for hydroxylation is 1. The van der Waals surface area contributed by atoms with E-state index in [9.17, 15) is 0 Å². The largest absolute Gasteiger partial charge is 0.324 e. The summed E-state index contributed by atoms with van der Waals surface area (Å²) in [4.78, 5) is 0. The van der Waals surface area contributed by atoms with Crippen LogP contribution in [0.4, 0.5) is 0 Å². The lowest BCUT2D eigenvalue weighted by atomic mass is 9.80. The molecule has 1 aromatic rings. The molecule has 0 aromatic carbocycles. The predicted octanol–water partition coefficient (Wildman–Crippen LogP) is 0.584. The van der Waals surface area contributed by atoms with Crippen molar-refractivity contribution in [3.8, 4) is 0 Å². The summed E-state index contributed by atoms with van der Waals surface area (Å²) in [6.45, 7) is 4.29. The van der Waals surface area contributed by atoms with Crippen molar-refractivity contribution in [3.05, 3.63) is 11.9 Å². The second kappa shape index (κ2) is 2.32. The Kier molecular flexibility index (Phi) is 1.55. The van der Waals surface area contributed by atoms with Crippen molar-refractivity contribution in [1.29, 1.82) is 0 Å². The number of aromatic nitrogens is 3. The lowest BCUT2D eigenvalue weighted by Gasteiger charge is -2.29. The van der Waals surface area contributed by atoms with Crippen LogP contribution in [0.25, 0.3) is 0 Å². The Balaban J connectivity index is 2.34. The number of nitrogens with zero attached hydrogens (tertiary/aromatic N) is 3. The van der Waals surface area contributed by atoms with Gasteiger partial charge in [-0.05, 0) is 12.8 Å². The third-order valence-corrected chi connectivity index (χ3v) is 3.28. The number of nitrogens with two attached hydrogens (primary N) is 1. The third-order valence-electron chi connectivity index (χ3n) is 3.28. The first kappa shape index (κ1) is 8.69. The van der Waals surface area contributed by atoms with Gasteiger partial charge in [-0.15, -0.1) is 5.10 Å². The van der Waals surface area contributed by atoms with Gasteiger partial charge in [0.05, 0.1) is 5.69 Å². The van der Waals surface area contributed by atoms with Gasteiger partial charge in [-0.25, -0.2) is 0 Å². The van der Waals surface area contributed by atoms with Crippen molar-refractivity contribution < 1.29 is 0 Å². The minimum Gasteiger partial charge on any atom is -0.324 e. The monoisotopic (exact) mass is 180 g/mol. The van der Waals surface area contributed by atoms with Gasteiger partial charge < -0.3 is 5.73 Å². The molecule has 0 unspecified atom stereocenters. The average Bonchev–Trinajstić information content (AvgIpc) is 2.63. The van der Waals surface area contributed by atoms with Gasteiger partial charge in [-0.3, -0.25) is 4.68 Å². The summed E-state index contributed by atoms with van der Waals surface area (Å²) in [6.07, 6.45) is 4.14. The summed E-state index contributed by atoms with van der Waals surface area (Å²) in [5.41, 5.74) is 7.08. The fourth-order valence-corrected chi connectivity index (χ4v) is 1.65. The lowest BCUT2D eigenvalue weighted by Crippen LogP contribution is -2.43. The van der Waals surface area contributed by atoms with Gasteiger partial charge in [-0.1, -0.05) is 19.1 Å². The molecular formula is C9H16N4. The van der Waals surface area contributed by atoms with E-state index in [0.717, 1.165) is 18.5 Å². The number of hydrogen-bond donors (Lipinski definition) is 1. The molecule has 1 aliphatic carbocycles. The minimum absolute atomic E-state index is 0.0525. The van der Waals surface area contributed by atoms with Crippen LogP contribution in [0.15, 0.2) is 6.20 Å². The minimum atomic E-state index is -0.0543. The second-order valence-electron chi connectivity index (χ2n) is 4.56. The molecule has 1 heterocycles. The molecule has 13 heavy (non-hydrogen) atoms. The maximum Gasteiger partial charge on any atom is 0.0901 e. The van der Waals surface area contributed by atoms with Crippen molar-refractivity contribution in [2.45, 2.75) is 37.6 Å². The van der Waals surface area contributed by atoms with E-state index >= 15 is 0 Å². The maximum absolute atomic E-state index is 6.19. The van der Waals surface area contributed by atoms with Crippen molar-refractivity contribution in [1.82, 2.24) is 15.0 Å². The van der Waals surface area contributed by atoms with E-state index in [2.05, 4.69) is 24.2 Å². The van der Waals surface area contributed by atoms with Gasteiger partial charge in [-0.2, -0.15) is 0 Å². The molecule has 1 aliphatic rings. The first-order valence-electron chi connectivity index (χ1n) is 4.61. The molecule has 4 heteroatoms. The zero-order valence-electron chi connectivity index (χ0n) is 8.41. The number of hydrogen-bond acceptors (Lipinski definition) is 3. The van der Waals surface area contributed by atoms with Crippen molar-refractivity contribution in [2.24, 2.45) is 12.8 Å². The Morgan fingerprint density at radius 1 is 1.54 bits per heavy atom. The summed E-state index contributed by atoms with van der Waals surface area (Å²) < 4.78 is 1.73. The Morgan fingerprint density at radius 2 is 2.15 bits per heavy atom. The van der Waals surface area contributed by atoms with Crippen LogP contribution in [-0.4, -0.2) is 20.5 Å². The van der Waals surface area contributed by atoms with Gasteiger partial charge in [0.1, 0.15) is 0 Å². The normalized spacial score (nSPS) is 20.3. The van der Waals surface area contributed by atoms with Crippen LogP contribution in [0.3, 0.4) is 0 Å². The molecule has 0 saturated heterocycles. The first-order chi connectivity index (χ1) is 5.96. The van der Waals surface area contributed by atoms with Crippen LogP contribution in [0, 0.1) is 0 Å². The fourth-order valence-electron chi connectivity index (χ4n) is 1.65. The summed E-state index contributed by atoms with van der Waals surface area (Å²) in [7, 11) is 1.88. The number of rotatable bonds is 2. The van der Waals surface area contributed by atoms with Crippen LogP contribution < -0.4 is 5.73 Å².